The molecule has 0 aliphatic carbocycles. The molecule has 1 fully saturated rings. The molecule has 8 nitrogen and oxygen atoms in total. The van der Waals surface area contributed by atoms with E-state index in [1.54, 1.807) is 0 Å². The molecule has 0 radical (unpaired) electrons. The number of nitrogens with two attached hydrogens (primary N) is 1. The molecular weight excluding hydrogens is 296 g/mol. The Morgan fingerprint density at radius 2 is 2.00 bits per heavy atom. The third kappa shape index (κ3) is 2.83. The predicted molar refractivity (Wildman–Crippen MR) is 76.9 cm³/mol. The van der Waals surface area contributed by atoms with Crippen molar-refractivity contribution in [2.75, 3.05) is 25.1 Å². The Kier molecular flexibility index (Phi) is 3.88. The van der Waals surface area contributed by atoms with Gasteiger partial charge in [0.05, 0.1) is 22.7 Å². The number of likely N-dealkylation sites (tertiary alicyclic amines) is 1. The van der Waals surface area contributed by atoms with E-state index in [1.165, 1.54) is 32.3 Å². The number of hydrogen-bond donors (Lipinski definition) is 3. The van der Waals surface area contributed by atoms with Crippen molar-refractivity contribution in [1.82, 2.24) is 9.62 Å². The summed E-state index contributed by atoms with van der Waals surface area (Å²) in [6.45, 7) is 0. The maximum atomic E-state index is 11.8. The number of imide groups is 1. The molecule has 9 heteroatoms. The highest BCUT2D eigenvalue weighted by Crippen LogP contribution is 2.25. The summed E-state index contributed by atoms with van der Waals surface area (Å²) in [5.74, 6) is -0.670. The van der Waals surface area contributed by atoms with Crippen LogP contribution in [-0.2, 0) is 19.6 Å². The van der Waals surface area contributed by atoms with E-state index in [-0.39, 0.29) is 23.1 Å². The molecule has 0 saturated carbocycles. The van der Waals surface area contributed by atoms with Crippen LogP contribution < -0.4 is 15.8 Å². The van der Waals surface area contributed by atoms with Gasteiger partial charge in [0.15, 0.2) is 0 Å². The van der Waals surface area contributed by atoms with Gasteiger partial charge >= 0.3 is 0 Å². The van der Waals surface area contributed by atoms with Crippen LogP contribution in [0, 0.1) is 0 Å². The van der Waals surface area contributed by atoms with E-state index in [1.807, 2.05) is 0 Å². The molecular formula is C12H16N4O4S. The Hall–Kier alpha value is -2.13. The fourth-order valence-electron chi connectivity index (χ4n) is 2.00. The highest BCUT2D eigenvalue weighted by Gasteiger charge is 2.36. The zero-order chi connectivity index (χ0) is 15.8. The van der Waals surface area contributed by atoms with Crippen LogP contribution in [-0.4, -0.2) is 45.3 Å². The Labute approximate surface area is 122 Å². The van der Waals surface area contributed by atoms with Crippen molar-refractivity contribution in [2.45, 2.75) is 17.4 Å². The second kappa shape index (κ2) is 5.34. The number of sulfonamides is 1. The van der Waals surface area contributed by atoms with Crippen molar-refractivity contribution in [3.05, 3.63) is 18.2 Å². The quantitative estimate of drug-likeness (QED) is 0.501. The van der Waals surface area contributed by atoms with Gasteiger partial charge in [-0.2, -0.15) is 0 Å². The molecule has 0 bridgehead atoms. The smallest absolute Gasteiger partial charge is 0.251 e. The maximum absolute atomic E-state index is 11.8. The molecule has 2 amide bonds. The van der Waals surface area contributed by atoms with E-state index in [0.29, 0.717) is 11.4 Å². The Balaban J connectivity index is 2.31. The lowest BCUT2D eigenvalue weighted by molar-refractivity contribution is -0.136. The van der Waals surface area contributed by atoms with Gasteiger partial charge in [0.1, 0.15) is 6.04 Å². The molecule has 114 valence electrons. The average molecular weight is 312 g/mol. The van der Waals surface area contributed by atoms with Crippen LogP contribution >= 0.6 is 0 Å². The largest absolute Gasteiger partial charge is 0.397 e. The monoisotopic (exact) mass is 312 g/mol. The van der Waals surface area contributed by atoms with Gasteiger partial charge in [0, 0.05) is 7.05 Å². The molecule has 0 spiro atoms. The third-order valence-corrected chi connectivity index (χ3v) is 4.73. The first kappa shape index (κ1) is 15.3. The average Bonchev–Trinajstić information content (AvgIpc) is 2.68. The molecule has 1 heterocycles. The fraction of sp³-hybridized carbons (Fsp3) is 0.333. The molecule has 1 atom stereocenters. The number of nitrogen functional groups attached to an aromatic ring is 1. The van der Waals surface area contributed by atoms with E-state index in [0.717, 1.165) is 4.90 Å². The molecule has 1 saturated heterocycles. The van der Waals surface area contributed by atoms with Crippen LogP contribution in [0.4, 0.5) is 11.4 Å². The predicted octanol–water partition coefficient (Wildman–Crippen LogP) is -0.654. The molecule has 2 rings (SSSR count). The van der Waals surface area contributed by atoms with Gasteiger partial charge in [-0.15, -0.1) is 0 Å². The Morgan fingerprint density at radius 1 is 1.33 bits per heavy atom. The van der Waals surface area contributed by atoms with Crippen LogP contribution in [0.15, 0.2) is 23.1 Å². The number of rotatable bonds is 4. The summed E-state index contributed by atoms with van der Waals surface area (Å²) >= 11 is 0. The molecule has 1 aromatic carbocycles. The summed E-state index contributed by atoms with van der Waals surface area (Å²) in [4.78, 5) is 24.4. The lowest BCUT2D eigenvalue weighted by Crippen LogP contribution is -2.32. The first-order valence-electron chi connectivity index (χ1n) is 6.16. The molecule has 21 heavy (non-hydrogen) atoms. The number of carbonyl (C=O) groups excluding carboxylic acids is 2. The van der Waals surface area contributed by atoms with Gasteiger partial charge in [-0.1, -0.05) is 0 Å². The van der Waals surface area contributed by atoms with Crippen LogP contribution in [0.25, 0.3) is 0 Å². The van der Waals surface area contributed by atoms with E-state index in [4.69, 9.17) is 5.73 Å². The first-order chi connectivity index (χ1) is 9.76. The number of carbonyl (C=O) groups is 2. The van der Waals surface area contributed by atoms with E-state index < -0.39 is 16.1 Å². The topological polar surface area (TPSA) is 122 Å². The number of benzene rings is 1. The van der Waals surface area contributed by atoms with E-state index in [9.17, 15) is 18.0 Å². The van der Waals surface area contributed by atoms with Crippen molar-refractivity contribution < 1.29 is 18.0 Å². The summed E-state index contributed by atoms with van der Waals surface area (Å²) in [7, 11) is -0.915. The van der Waals surface area contributed by atoms with Gasteiger partial charge in [-0.05, 0) is 25.2 Å². The molecule has 4 N–H and O–H groups in total. The van der Waals surface area contributed by atoms with Gasteiger partial charge in [0.25, 0.3) is 5.91 Å². The zero-order valence-corrected chi connectivity index (χ0v) is 12.4. The second-order valence-corrected chi connectivity index (χ2v) is 6.54. The fourth-order valence-corrected chi connectivity index (χ4v) is 2.76. The van der Waals surface area contributed by atoms with E-state index >= 15 is 0 Å². The van der Waals surface area contributed by atoms with Crippen molar-refractivity contribution in [3.8, 4) is 0 Å². The van der Waals surface area contributed by atoms with Crippen molar-refractivity contribution in [3.63, 3.8) is 0 Å². The standard InChI is InChI=1S/C12H16N4O4S/c1-14-21(19,20)7-3-4-8(13)9(5-7)15-10-6-11(17)16(2)12(10)18/h3-5,10,14-15H,6,13H2,1-2H3. The van der Waals surface area contributed by atoms with Crippen molar-refractivity contribution in [2.24, 2.45) is 0 Å². The zero-order valence-electron chi connectivity index (χ0n) is 11.6. The van der Waals surface area contributed by atoms with Crippen LogP contribution in [0.2, 0.25) is 0 Å². The lowest BCUT2D eigenvalue weighted by Gasteiger charge is -2.15. The SMILES string of the molecule is CNS(=O)(=O)c1ccc(N)c(NC2CC(=O)N(C)C2=O)c1. The minimum atomic E-state index is -3.61. The van der Waals surface area contributed by atoms with Crippen molar-refractivity contribution in [1.29, 1.82) is 0 Å². The number of nitrogens with one attached hydrogen (secondary N) is 2. The molecule has 1 unspecified atom stereocenters. The summed E-state index contributed by atoms with van der Waals surface area (Å²) in [6.07, 6.45) is 0.0117. The van der Waals surface area contributed by atoms with Crippen molar-refractivity contribution >= 4 is 33.2 Å². The van der Waals surface area contributed by atoms with Crippen LogP contribution in [0.1, 0.15) is 6.42 Å². The maximum Gasteiger partial charge on any atom is 0.251 e. The number of anilines is 2. The first-order valence-corrected chi connectivity index (χ1v) is 7.64. The number of likely N-dealkylation sites (N-methyl/N-ethyl adjacent to an activating group) is 1. The third-order valence-electron chi connectivity index (χ3n) is 3.32. The molecule has 0 aromatic heterocycles. The van der Waals surface area contributed by atoms with Gasteiger partial charge in [-0.25, -0.2) is 13.1 Å². The van der Waals surface area contributed by atoms with Gasteiger partial charge in [0.2, 0.25) is 15.9 Å². The second-order valence-electron chi connectivity index (χ2n) is 4.65. The number of hydrogen-bond acceptors (Lipinski definition) is 6. The molecule has 1 aliphatic heterocycles. The summed E-state index contributed by atoms with van der Waals surface area (Å²) in [6, 6.07) is 3.38. The summed E-state index contributed by atoms with van der Waals surface area (Å²) in [5.41, 5.74) is 6.37. The Bertz CT molecular complexity index is 701. The number of nitrogens with zero attached hydrogens (tertiary/aromatic N) is 1. The molecule has 1 aliphatic rings. The Morgan fingerprint density at radius 3 is 2.52 bits per heavy atom. The minimum Gasteiger partial charge on any atom is -0.397 e. The van der Waals surface area contributed by atoms with Gasteiger partial charge in [-0.3, -0.25) is 14.5 Å². The van der Waals surface area contributed by atoms with Crippen LogP contribution in [0.5, 0.6) is 0 Å². The number of amides is 2. The lowest BCUT2D eigenvalue weighted by atomic mass is 10.2. The minimum absolute atomic E-state index is 0.0117. The highest BCUT2D eigenvalue weighted by atomic mass is 32.2. The molecule has 1 aromatic rings. The summed E-state index contributed by atoms with van der Waals surface area (Å²) < 4.78 is 25.7. The highest BCUT2D eigenvalue weighted by molar-refractivity contribution is 7.89. The van der Waals surface area contributed by atoms with E-state index in [2.05, 4.69) is 10.0 Å². The van der Waals surface area contributed by atoms with Crippen LogP contribution in [0.3, 0.4) is 0 Å². The normalized spacial score (nSPS) is 19.1. The van der Waals surface area contributed by atoms with Gasteiger partial charge < -0.3 is 11.1 Å². The summed E-state index contributed by atoms with van der Waals surface area (Å²) in [5, 5.41) is 2.83.